The molecular weight excluding hydrogens is 266 g/mol. The van der Waals surface area contributed by atoms with E-state index >= 15 is 0 Å². The smallest absolute Gasteiger partial charge is 0.0702 e. The molecule has 0 atom stereocenters. The number of benzene rings is 1. The fourth-order valence-corrected chi connectivity index (χ4v) is 2.46. The zero-order valence-electron chi connectivity index (χ0n) is 13.8. The molecule has 0 amide bonds. The van der Waals surface area contributed by atoms with Crippen molar-refractivity contribution >= 4 is 11.6 Å². The predicted molar refractivity (Wildman–Crippen MR) is 87.5 cm³/mol. The third-order valence-corrected chi connectivity index (χ3v) is 3.75. The van der Waals surface area contributed by atoms with Crippen molar-refractivity contribution in [1.29, 1.82) is 0 Å². The van der Waals surface area contributed by atoms with Gasteiger partial charge in [-0.05, 0) is 34.6 Å². The molecule has 0 N–H and O–H groups in total. The van der Waals surface area contributed by atoms with Gasteiger partial charge in [0.25, 0.3) is 0 Å². The minimum Gasteiger partial charge on any atom is -0.256 e. The Bertz CT molecular complexity index is 634. The largest absolute Gasteiger partial charge is 0.256 e. The van der Waals surface area contributed by atoms with Crippen LogP contribution in [-0.4, -0.2) is 4.98 Å². The van der Waals surface area contributed by atoms with Gasteiger partial charge in [-0.25, -0.2) is 0 Å². The van der Waals surface area contributed by atoms with E-state index in [9.17, 15) is 0 Å². The second-order valence-corrected chi connectivity index (χ2v) is 6.78. The second kappa shape index (κ2) is 5.57. The summed E-state index contributed by atoms with van der Waals surface area (Å²) in [5, 5.41) is 0.620. The quantitative estimate of drug-likeness (QED) is 0.678. The van der Waals surface area contributed by atoms with Crippen LogP contribution in [0.25, 0.3) is 11.3 Å². The minimum atomic E-state index is -0.695. The van der Waals surface area contributed by atoms with Crippen LogP contribution in [0.4, 0.5) is 0 Å². The molecule has 0 aliphatic carbocycles. The first-order valence-corrected chi connectivity index (χ1v) is 7.24. The Morgan fingerprint density at radius 2 is 1.85 bits per heavy atom. The first-order valence-electron chi connectivity index (χ1n) is 7.36. The fourth-order valence-electron chi connectivity index (χ4n) is 2.09. The molecule has 2 rings (SSSR count). The molecule has 2 aromatic rings. The van der Waals surface area contributed by atoms with E-state index in [4.69, 9.17) is 13.0 Å². The molecule has 1 aromatic carbocycles. The van der Waals surface area contributed by atoms with E-state index in [1.54, 1.807) is 0 Å². The van der Waals surface area contributed by atoms with Crippen molar-refractivity contribution in [3.05, 3.63) is 52.7 Å². The topological polar surface area (TPSA) is 12.9 Å². The lowest BCUT2D eigenvalue weighted by molar-refractivity contribution is 0.587. The molecule has 0 saturated heterocycles. The highest BCUT2D eigenvalue weighted by molar-refractivity contribution is 6.31. The molecule has 2 heteroatoms. The molecule has 0 unspecified atom stereocenters. The minimum absolute atomic E-state index is 0.0995. The number of hydrogen-bond donors (Lipinski definition) is 0. The van der Waals surface area contributed by atoms with Crippen molar-refractivity contribution in [3.63, 3.8) is 0 Å². The van der Waals surface area contributed by atoms with Gasteiger partial charge in [0.05, 0.1) is 5.69 Å². The molecule has 20 heavy (non-hydrogen) atoms. The van der Waals surface area contributed by atoms with E-state index in [0.717, 1.165) is 16.8 Å². The van der Waals surface area contributed by atoms with Gasteiger partial charge < -0.3 is 0 Å². The van der Waals surface area contributed by atoms with Gasteiger partial charge in [-0.3, -0.25) is 4.98 Å². The van der Waals surface area contributed by atoms with E-state index in [1.165, 1.54) is 5.56 Å². The third-order valence-electron chi connectivity index (χ3n) is 3.43. The van der Waals surface area contributed by atoms with Crippen LogP contribution in [0.1, 0.15) is 53.0 Å². The van der Waals surface area contributed by atoms with E-state index in [1.807, 2.05) is 44.3 Å². The molecule has 0 bridgehead atoms. The Hall–Kier alpha value is -1.34. The Balaban J connectivity index is 2.37. The average molecular weight is 290 g/mol. The maximum Gasteiger partial charge on any atom is 0.0702 e. The highest BCUT2D eigenvalue weighted by Crippen LogP contribution is 2.30. The number of hydrogen-bond acceptors (Lipinski definition) is 1. The van der Waals surface area contributed by atoms with Crippen LogP contribution in [0, 0.1) is 0 Å². The van der Waals surface area contributed by atoms with Gasteiger partial charge in [-0.1, -0.05) is 64.4 Å². The Morgan fingerprint density at radius 3 is 2.30 bits per heavy atom. The number of nitrogens with zero attached hydrogens (tertiary/aromatic N) is 1. The third kappa shape index (κ3) is 3.21. The molecule has 1 nitrogen and oxygen atoms in total. The lowest BCUT2D eigenvalue weighted by Gasteiger charge is -2.18. The molecular formula is C18H22ClN. The van der Waals surface area contributed by atoms with E-state index < -0.39 is 5.89 Å². The lowest BCUT2D eigenvalue weighted by atomic mass is 9.88. The maximum absolute atomic E-state index is 8.09. The zero-order valence-corrected chi connectivity index (χ0v) is 13.5. The number of halogens is 1. The summed E-state index contributed by atoms with van der Waals surface area (Å²) in [7, 11) is 0. The van der Waals surface area contributed by atoms with Crippen molar-refractivity contribution < 1.29 is 1.37 Å². The average Bonchev–Trinajstić information content (AvgIpc) is 2.36. The van der Waals surface area contributed by atoms with Crippen LogP contribution in [0.2, 0.25) is 5.02 Å². The van der Waals surface area contributed by atoms with E-state index in [0.29, 0.717) is 5.02 Å². The maximum atomic E-state index is 8.09. The molecule has 0 radical (unpaired) electrons. The van der Waals surface area contributed by atoms with Crippen LogP contribution in [-0.2, 0) is 5.41 Å². The summed E-state index contributed by atoms with van der Waals surface area (Å²) >= 11 is 6.32. The summed E-state index contributed by atoms with van der Waals surface area (Å²) in [5.74, 6) is -0.695. The normalized spacial score (nSPS) is 13.2. The highest BCUT2D eigenvalue weighted by Gasteiger charge is 2.14. The Labute approximate surface area is 128 Å². The lowest BCUT2D eigenvalue weighted by Crippen LogP contribution is -2.11. The highest BCUT2D eigenvalue weighted by atomic mass is 35.5. The van der Waals surface area contributed by atoms with Crippen LogP contribution < -0.4 is 0 Å². The molecule has 1 aromatic heterocycles. The van der Waals surface area contributed by atoms with Gasteiger partial charge in [0.1, 0.15) is 0 Å². The van der Waals surface area contributed by atoms with Crippen LogP contribution in [0.3, 0.4) is 0 Å². The molecule has 106 valence electrons. The first kappa shape index (κ1) is 13.6. The van der Waals surface area contributed by atoms with Crippen molar-refractivity contribution in [3.8, 4) is 11.3 Å². The van der Waals surface area contributed by atoms with Gasteiger partial charge in [-0.15, -0.1) is 0 Å². The summed E-state index contributed by atoms with van der Waals surface area (Å²) in [6.07, 6.45) is 1.92. The molecule has 1 heterocycles. The molecule has 0 aliphatic rings. The van der Waals surface area contributed by atoms with Crippen molar-refractivity contribution in [2.75, 3.05) is 0 Å². The SMILES string of the molecule is [3H]C(C)(C)c1ccc(-c2ccc(C(C)(C)C)cn2)cc1Cl. The number of rotatable bonds is 2. The zero-order chi connectivity index (χ0) is 15.8. The summed E-state index contributed by atoms with van der Waals surface area (Å²) in [6.45, 7) is 10.2. The van der Waals surface area contributed by atoms with Crippen LogP contribution in [0.5, 0.6) is 0 Å². The van der Waals surface area contributed by atoms with Crippen molar-refractivity contribution in [2.45, 2.75) is 45.9 Å². The summed E-state index contributed by atoms with van der Waals surface area (Å²) in [5.41, 5.74) is 4.02. The fraction of sp³-hybridized carbons (Fsp3) is 0.389. The van der Waals surface area contributed by atoms with Crippen molar-refractivity contribution in [1.82, 2.24) is 4.98 Å². The van der Waals surface area contributed by atoms with E-state index in [-0.39, 0.29) is 5.41 Å². The van der Waals surface area contributed by atoms with E-state index in [2.05, 4.69) is 31.8 Å². The number of aromatic nitrogens is 1. The van der Waals surface area contributed by atoms with Crippen LogP contribution in [0.15, 0.2) is 36.5 Å². The Kier molecular flexibility index (Phi) is 3.80. The van der Waals surface area contributed by atoms with Gasteiger partial charge >= 0.3 is 0 Å². The molecule has 0 aliphatic heterocycles. The monoisotopic (exact) mass is 289 g/mol. The van der Waals surface area contributed by atoms with Gasteiger partial charge in [0.2, 0.25) is 0 Å². The molecule has 0 spiro atoms. The summed E-state index contributed by atoms with van der Waals surface area (Å²) < 4.78 is 8.09. The number of pyridine rings is 1. The van der Waals surface area contributed by atoms with Crippen molar-refractivity contribution in [2.24, 2.45) is 0 Å². The van der Waals surface area contributed by atoms with Crippen LogP contribution >= 0.6 is 11.6 Å². The molecule has 0 saturated carbocycles. The first-order chi connectivity index (χ1) is 9.59. The van der Waals surface area contributed by atoms with Gasteiger partial charge in [0, 0.05) is 18.2 Å². The van der Waals surface area contributed by atoms with Gasteiger partial charge in [0.15, 0.2) is 0 Å². The second-order valence-electron chi connectivity index (χ2n) is 6.38. The molecule has 0 fully saturated rings. The van der Waals surface area contributed by atoms with Gasteiger partial charge in [-0.2, -0.15) is 0 Å². The summed E-state index contributed by atoms with van der Waals surface area (Å²) in [6, 6.07) is 9.93. The Morgan fingerprint density at radius 1 is 1.15 bits per heavy atom. The predicted octanol–water partition coefficient (Wildman–Crippen LogP) is 5.82. The standard InChI is InChI=1S/C18H22ClN/c1-12(2)15-8-6-13(10-16(15)19)17-9-7-14(11-20-17)18(3,4)5/h6-12H,1-5H3/i12T. The summed E-state index contributed by atoms with van der Waals surface area (Å²) in [4.78, 5) is 4.54.